The highest BCUT2D eigenvalue weighted by Gasteiger charge is 2.44. The van der Waals surface area contributed by atoms with Crippen molar-refractivity contribution in [2.45, 2.75) is 37.2 Å². The highest BCUT2D eigenvalue weighted by molar-refractivity contribution is 9.10. The van der Waals surface area contributed by atoms with Gasteiger partial charge in [-0.05, 0) is 42.5 Å². The van der Waals surface area contributed by atoms with E-state index in [4.69, 9.17) is 0 Å². The smallest absolute Gasteiger partial charge is 0.0677 e. The van der Waals surface area contributed by atoms with Crippen LogP contribution in [-0.2, 0) is 11.8 Å². The Morgan fingerprint density at radius 2 is 1.80 bits per heavy atom. The zero-order valence-corrected chi connectivity index (χ0v) is 13.0. The summed E-state index contributed by atoms with van der Waals surface area (Å²) in [6, 6.07) is 18.7. The van der Waals surface area contributed by atoms with E-state index in [1.807, 2.05) is 18.2 Å². The van der Waals surface area contributed by atoms with Gasteiger partial charge < -0.3 is 5.11 Å². The van der Waals surface area contributed by atoms with E-state index in [1.54, 1.807) is 0 Å². The number of hydrogen-bond donors (Lipinski definition) is 1. The van der Waals surface area contributed by atoms with Crippen LogP contribution in [0.25, 0.3) is 0 Å². The molecular formula is C18H19BrO. The lowest BCUT2D eigenvalue weighted by Crippen LogP contribution is -2.46. The second-order valence-corrected chi connectivity index (χ2v) is 6.64. The monoisotopic (exact) mass is 330 g/mol. The van der Waals surface area contributed by atoms with Crippen LogP contribution in [0.3, 0.4) is 0 Å². The van der Waals surface area contributed by atoms with E-state index in [0.717, 1.165) is 17.3 Å². The third-order valence-corrected chi connectivity index (χ3v) is 5.04. The highest BCUT2D eigenvalue weighted by Crippen LogP contribution is 2.47. The zero-order valence-electron chi connectivity index (χ0n) is 11.4. The Morgan fingerprint density at radius 3 is 2.40 bits per heavy atom. The van der Waals surface area contributed by atoms with Crippen molar-refractivity contribution >= 4 is 15.9 Å². The van der Waals surface area contributed by atoms with E-state index in [0.29, 0.717) is 6.42 Å². The molecule has 0 aromatic heterocycles. The van der Waals surface area contributed by atoms with Crippen molar-refractivity contribution in [2.24, 2.45) is 0 Å². The Morgan fingerprint density at radius 1 is 1.05 bits per heavy atom. The van der Waals surface area contributed by atoms with Crippen molar-refractivity contribution in [3.8, 4) is 0 Å². The van der Waals surface area contributed by atoms with Gasteiger partial charge in [-0.25, -0.2) is 0 Å². The Hall–Kier alpha value is -1.12. The van der Waals surface area contributed by atoms with Gasteiger partial charge in [-0.3, -0.25) is 0 Å². The third-order valence-electron chi connectivity index (χ3n) is 4.55. The summed E-state index contributed by atoms with van der Waals surface area (Å²) < 4.78 is 1.07. The minimum Gasteiger partial charge on any atom is -0.392 e. The fraction of sp³-hybridized carbons (Fsp3) is 0.333. The number of halogens is 1. The summed E-state index contributed by atoms with van der Waals surface area (Å²) in [7, 11) is 0. The van der Waals surface area contributed by atoms with Crippen LogP contribution in [-0.4, -0.2) is 11.2 Å². The minimum absolute atomic E-state index is 0.0381. The molecule has 0 radical (unpaired) electrons. The summed E-state index contributed by atoms with van der Waals surface area (Å²) in [5.41, 5.74) is 2.44. The molecule has 0 amide bonds. The van der Waals surface area contributed by atoms with E-state index in [-0.39, 0.29) is 11.5 Å². The molecule has 1 aliphatic rings. The van der Waals surface area contributed by atoms with Crippen LogP contribution < -0.4 is 0 Å². The number of rotatable bonds is 4. The summed E-state index contributed by atoms with van der Waals surface area (Å²) in [4.78, 5) is 0. The van der Waals surface area contributed by atoms with E-state index >= 15 is 0 Å². The van der Waals surface area contributed by atoms with Gasteiger partial charge in [-0.1, -0.05) is 64.8 Å². The summed E-state index contributed by atoms with van der Waals surface area (Å²) in [5.74, 6) is 0. The average Bonchev–Trinajstić information content (AvgIpc) is 2.38. The fourth-order valence-electron chi connectivity index (χ4n) is 3.22. The van der Waals surface area contributed by atoms with E-state index < -0.39 is 0 Å². The Kier molecular flexibility index (Phi) is 3.95. The predicted molar refractivity (Wildman–Crippen MR) is 85.8 cm³/mol. The molecule has 2 aromatic carbocycles. The Bertz CT molecular complexity index is 575. The SMILES string of the molecule is OC(Cc1cccc(Br)c1)C1(c2ccccc2)CCC1. The molecule has 0 aliphatic heterocycles. The minimum atomic E-state index is -0.312. The van der Waals surface area contributed by atoms with Crippen LogP contribution in [0.5, 0.6) is 0 Å². The average molecular weight is 331 g/mol. The molecule has 104 valence electrons. The predicted octanol–water partition coefficient (Wildman–Crippen LogP) is 4.47. The first-order chi connectivity index (χ1) is 9.71. The van der Waals surface area contributed by atoms with Crippen LogP contribution in [0.15, 0.2) is 59.1 Å². The molecule has 1 fully saturated rings. The Labute approximate surface area is 128 Å². The van der Waals surface area contributed by atoms with Crippen molar-refractivity contribution in [3.63, 3.8) is 0 Å². The highest BCUT2D eigenvalue weighted by atomic mass is 79.9. The van der Waals surface area contributed by atoms with Crippen LogP contribution in [0.4, 0.5) is 0 Å². The molecule has 1 saturated carbocycles. The zero-order chi connectivity index (χ0) is 14.0. The number of aliphatic hydroxyl groups excluding tert-OH is 1. The molecule has 1 N–H and O–H groups in total. The molecule has 0 heterocycles. The van der Waals surface area contributed by atoms with Gasteiger partial charge in [-0.2, -0.15) is 0 Å². The molecule has 3 rings (SSSR count). The second kappa shape index (κ2) is 5.71. The van der Waals surface area contributed by atoms with E-state index in [2.05, 4.69) is 52.3 Å². The lowest BCUT2D eigenvalue weighted by atomic mass is 9.60. The van der Waals surface area contributed by atoms with Gasteiger partial charge in [0.05, 0.1) is 6.10 Å². The third kappa shape index (κ3) is 2.55. The van der Waals surface area contributed by atoms with Crippen molar-refractivity contribution in [3.05, 3.63) is 70.2 Å². The van der Waals surface area contributed by atoms with Gasteiger partial charge in [-0.15, -0.1) is 0 Å². The molecule has 1 aliphatic carbocycles. The maximum absolute atomic E-state index is 10.8. The van der Waals surface area contributed by atoms with Crippen LogP contribution >= 0.6 is 15.9 Å². The van der Waals surface area contributed by atoms with E-state index in [9.17, 15) is 5.11 Å². The first kappa shape index (κ1) is 13.8. The van der Waals surface area contributed by atoms with E-state index in [1.165, 1.54) is 17.5 Å². The maximum atomic E-state index is 10.8. The summed E-state index contributed by atoms with van der Waals surface area (Å²) in [6.45, 7) is 0. The maximum Gasteiger partial charge on any atom is 0.0677 e. The first-order valence-corrected chi connectivity index (χ1v) is 7.98. The molecule has 0 saturated heterocycles. The first-order valence-electron chi connectivity index (χ1n) is 7.19. The second-order valence-electron chi connectivity index (χ2n) is 5.73. The summed E-state index contributed by atoms with van der Waals surface area (Å²) >= 11 is 3.50. The molecule has 0 bridgehead atoms. The fourth-order valence-corrected chi connectivity index (χ4v) is 3.67. The molecule has 1 atom stereocenters. The van der Waals surface area contributed by atoms with Crippen molar-refractivity contribution in [1.82, 2.24) is 0 Å². The normalized spacial score (nSPS) is 18.3. The standard InChI is InChI=1S/C18H19BrO/c19-16-9-4-6-14(12-16)13-17(20)18(10-5-11-18)15-7-2-1-3-8-15/h1-4,6-9,12,17,20H,5,10-11,13H2. The number of benzene rings is 2. The van der Waals surface area contributed by atoms with Gasteiger partial charge in [0.2, 0.25) is 0 Å². The van der Waals surface area contributed by atoms with Gasteiger partial charge in [0.15, 0.2) is 0 Å². The Balaban J connectivity index is 1.83. The lowest BCUT2D eigenvalue weighted by molar-refractivity contribution is 0.0286. The van der Waals surface area contributed by atoms with Gasteiger partial charge in [0, 0.05) is 9.89 Å². The molecule has 0 spiro atoms. The molecule has 1 nitrogen and oxygen atoms in total. The molecule has 2 heteroatoms. The van der Waals surface area contributed by atoms with Crippen LogP contribution in [0, 0.1) is 0 Å². The topological polar surface area (TPSA) is 20.2 Å². The largest absolute Gasteiger partial charge is 0.392 e. The van der Waals surface area contributed by atoms with Crippen molar-refractivity contribution in [1.29, 1.82) is 0 Å². The van der Waals surface area contributed by atoms with Crippen molar-refractivity contribution < 1.29 is 5.11 Å². The molecular weight excluding hydrogens is 312 g/mol. The summed E-state index contributed by atoms with van der Waals surface area (Å²) in [5, 5.41) is 10.8. The number of aliphatic hydroxyl groups is 1. The molecule has 20 heavy (non-hydrogen) atoms. The molecule has 1 unspecified atom stereocenters. The van der Waals surface area contributed by atoms with Gasteiger partial charge in [0.1, 0.15) is 0 Å². The summed E-state index contributed by atoms with van der Waals surface area (Å²) in [6.07, 6.45) is 3.80. The quantitative estimate of drug-likeness (QED) is 0.876. The van der Waals surface area contributed by atoms with Crippen LogP contribution in [0.2, 0.25) is 0 Å². The number of hydrogen-bond acceptors (Lipinski definition) is 1. The van der Waals surface area contributed by atoms with Gasteiger partial charge in [0.25, 0.3) is 0 Å². The molecule has 2 aromatic rings. The van der Waals surface area contributed by atoms with Crippen molar-refractivity contribution in [2.75, 3.05) is 0 Å². The lowest BCUT2D eigenvalue weighted by Gasteiger charge is -2.46. The van der Waals surface area contributed by atoms with Gasteiger partial charge >= 0.3 is 0 Å². The van der Waals surface area contributed by atoms with Crippen LogP contribution in [0.1, 0.15) is 30.4 Å².